The quantitative estimate of drug-likeness (QED) is 0.572. The maximum atomic E-state index is 7.54. The summed E-state index contributed by atoms with van der Waals surface area (Å²) in [6.07, 6.45) is 4.78. The topological polar surface area (TPSA) is 53.1 Å². The monoisotopic (exact) mass is 239 g/mol. The molecule has 100 valence electrons. The van der Waals surface area contributed by atoms with Crippen molar-refractivity contribution in [1.82, 2.24) is 4.90 Å². The van der Waals surface area contributed by atoms with Crippen LogP contribution in [0.2, 0.25) is 0 Å². The van der Waals surface area contributed by atoms with E-state index in [-0.39, 0.29) is 5.41 Å². The summed E-state index contributed by atoms with van der Waals surface area (Å²) in [6, 6.07) is 0. The number of nitrogens with one attached hydrogen (secondary N) is 1. The molecule has 0 amide bonds. The van der Waals surface area contributed by atoms with Gasteiger partial charge in [0.2, 0.25) is 0 Å². The van der Waals surface area contributed by atoms with Crippen LogP contribution in [0.3, 0.4) is 0 Å². The van der Waals surface area contributed by atoms with E-state index in [0.29, 0.717) is 11.3 Å². The Hall–Kier alpha value is -0.570. The Morgan fingerprint density at radius 3 is 2.29 bits per heavy atom. The number of amidine groups is 1. The molecule has 3 nitrogen and oxygen atoms in total. The van der Waals surface area contributed by atoms with Gasteiger partial charge >= 0.3 is 0 Å². The molecule has 1 heterocycles. The highest BCUT2D eigenvalue weighted by Crippen LogP contribution is 2.30. The average Bonchev–Trinajstić information content (AvgIpc) is 2.20. The molecule has 1 aliphatic heterocycles. The van der Waals surface area contributed by atoms with Gasteiger partial charge < -0.3 is 10.6 Å². The maximum absolute atomic E-state index is 7.54. The number of likely N-dealkylation sites (tertiary alicyclic amines) is 1. The van der Waals surface area contributed by atoms with Gasteiger partial charge in [0.1, 0.15) is 0 Å². The predicted octanol–water partition coefficient (Wildman–Crippen LogP) is 2.85. The second-order valence-corrected chi connectivity index (χ2v) is 6.91. The molecule has 0 aromatic rings. The van der Waals surface area contributed by atoms with E-state index in [0.717, 1.165) is 19.4 Å². The molecule has 0 spiro atoms. The summed E-state index contributed by atoms with van der Waals surface area (Å²) in [5.41, 5.74) is 6.00. The van der Waals surface area contributed by atoms with Gasteiger partial charge in [0.15, 0.2) is 0 Å². The van der Waals surface area contributed by atoms with E-state index in [4.69, 9.17) is 11.1 Å². The first-order valence-electron chi connectivity index (χ1n) is 6.80. The van der Waals surface area contributed by atoms with Crippen LogP contribution in [0, 0.1) is 16.2 Å². The zero-order chi connectivity index (χ0) is 13.1. The summed E-state index contributed by atoms with van der Waals surface area (Å²) < 4.78 is 0. The molecule has 0 aliphatic carbocycles. The summed E-state index contributed by atoms with van der Waals surface area (Å²) in [6.45, 7) is 12.5. The zero-order valence-electron chi connectivity index (χ0n) is 12.0. The highest BCUT2D eigenvalue weighted by Gasteiger charge is 2.26. The molecule has 0 saturated carbocycles. The SMILES string of the molecule is CC1(C)CCN(CCCC(C)(C)C(=N)N)CC1. The van der Waals surface area contributed by atoms with Crippen LogP contribution in [0.25, 0.3) is 0 Å². The van der Waals surface area contributed by atoms with E-state index in [2.05, 4.69) is 32.6 Å². The smallest absolute Gasteiger partial charge is 0.0963 e. The molecule has 0 bridgehead atoms. The minimum absolute atomic E-state index is 0.130. The standard InChI is InChI=1S/C14H29N3/c1-13(2)7-10-17(11-8-13)9-5-6-14(3,4)12(15)16/h5-11H2,1-4H3,(H3,15,16). The van der Waals surface area contributed by atoms with Gasteiger partial charge in [0.25, 0.3) is 0 Å². The second-order valence-electron chi connectivity index (χ2n) is 6.91. The third-order valence-corrected chi connectivity index (χ3v) is 4.21. The molecule has 0 unspecified atom stereocenters. The summed E-state index contributed by atoms with van der Waals surface area (Å²) >= 11 is 0. The van der Waals surface area contributed by atoms with Gasteiger partial charge in [-0.25, -0.2) is 0 Å². The van der Waals surface area contributed by atoms with Gasteiger partial charge in [-0.3, -0.25) is 5.41 Å². The Labute approximate surface area is 106 Å². The lowest BCUT2D eigenvalue weighted by Gasteiger charge is -2.37. The molecule has 0 aromatic carbocycles. The van der Waals surface area contributed by atoms with Crippen molar-refractivity contribution in [2.75, 3.05) is 19.6 Å². The minimum atomic E-state index is -0.130. The fraction of sp³-hybridized carbons (Fsp3) is 0.929. The normalized spacial score (nSPS) is 21.4. The fourth-order valence-corrected chi connectivity index (χ4v) is 2.26. The van der Waals surface area contributed by atoms with Crippen LogP contribution in [0.5, 0.6) is 0 Å². The number of hydrogen-bond donors (Lipinski definition) is 2. The summed E-state index contributed by atoms with van der Waals surface area (Å²) in [5.74, 6) is 0.317. The molecule has 0 aromatic heterocycles. The van der Waals surface area contributed by atoms with Crippen molar-refractivity contribution in [2.24, 2.45) is 16.6 Å². The Balaban J connectivity index is 2.23. The molecule has 1 saturated heterocycles. The van der Waals surface area contributed by atoms with E-state index >= 15 is 0 Å². The molecule has 0 radical (unpaired) electrons. The summed E-state index contributed by atoms with van der Waals surface area (Å²) in [7, 11) is 0. The van der Waals surface area contributed by atoms with Crippen molar-refractivity contribution >= 4 is 5.84 Å². The third-order valence-electron chi connectivity index (χ3n) is 4.21. The molecule has 3 heteroatoms. The van der Waals surface area contributed by atoms with Crippen LogP contribution < -0.4 is 5.73 Å². The van der Waals surface area contributed by atoms with Crippen LogP contribution in [0.1, 0.15) is 53.4 Å². The largest absolute Gasteiger partial charge is 0.387 e. The Bertz CT molecular complexity index is 259. The van der Waals surface area contributed by atoms with Crippen molar-refractivity contribution in [3.8, 4) is 0 Å². The molecule has 1 aliphatic rings. The van der Waals surface area contributed by atoms with E-state index in [1.807, 2.05) is 0 Å². The average molecular weight is 239 g/mol. The molecular formula is C14H29N3. The number of rotatable bonds is 5. The van der Waals surface area contributed by atoms with Crippen LogP contribution in [0.15, 0.2) is 0 Å². The predicted molar refractivity (Wildman–Crippen MR) is 74.4 cm³/mol. The molecule has 0 atom stereocenters. The lowest BCUT2D eigenvalue weighted by atomic mass is 9.82. The van der Waals surface area contributed by atoms with Gasteiger partial charge in [0, 0.05) is 5.41 Å². The van der Waals surface area contributed by atoms with Crippen LogP contribution >= 0.6 is 0 Å². The van der Waals surface area contributed by atoms with Gasteiger partial charge in [-0.1, -0.05) is 27.7 Å². The van der Waals surface area contributed by atoms with E-state index in [1.165, 1.54) is 25.9 Å². The van der Waals surface area contributed by atoms with Crippen molar-refractivity contribution < 1.29 is 0 Å². The summed E-state index contributed by atoms with van der Waals surface area (Å²) in [4.78, 5) is 2.56. The third kappa shape index (κ3) is 4.66. The molecular weight excluding hydrogens is 210 g/mol. The van der Waals surface area contributed by atoms with Gasteiger partial charge in [0.05, 0.1) is 5.84 Å². The number of nitrogens with two attached hydrogens (primary N) is 1. The Kier molecular flexibility index (Phi) is 4.59. The van der Waals surface area contributed by atoms with Crippen molar-refractivity contribution in [2.45, 2.75) is 53.4 Å². The molecule has 3 N–H and O–H groups in total. The number of nitrogens with zero attached hydrogens (tertiary/aromatic N) is 1. The maximum Gasteiger partial charge on any atom is 0.0963 e. The molecule has 1 rings (SSSR count). The van der Waals surface area contributed by atoms with Crippen LogP contribution in [-0.4, -0.2) is 30.4 Å². The Morgan fingerprint density at radius 1 is 1.29 bits per heavy atom. The lowest BCUT2D eigenvalue weighted by Crippen LogP contribution is -2.38. The first-order valence-corrected chi connectivity index (χ1v) is 6.80. The van der Waals surface area contributed by atoms with Gasteiger partial charge in [-0.15, -0.1) is 0 Å². The minimum Gasteiger partial charge on any atom is -0.387 e. The van der Waals surface area contributed by atoms with Crippen LogP contribution in [0.4, 0.5) is 0 Å². The number of piperidine rings is 1. The van der Waals surface area contributed by atoms with Crippen molar-refractivity contribution in [1.29, 1.82) is 5.41 Å². The van der Waals surface area contributed by atoms with Gasteiger partial charge in [-0.05, 0) is 50.7 Å². The van der Waals surface area contributed by atoms with Gasteiger partial charge in [-0.2, -0.15) is 0 Å². The molecule has 1 fully saturated rings. The van der Waals surface area contributed by atoms with E-state index < -0.39 is 0 Å². The number of hydrogen-bond acceptors (Lipinski definition) is 2. The highest BCUT2D eigenvalue weighted by molar-refractivity contribution is 5.82. The summed E-state index contributed by atoms with van der Waals surface area (Å²) in [5, 5.41) is 7.54. The first-order chi connectivity index (χ1) is 7.73. The zero-order valence-corrected chi connectivity index (χ0v) is 12.0. The van der Waals surface area contributed by atoms with Crippen molar-refractivity contribution in [3.63, 3.8) is 0 Å². The second kappa shape index (κ2) is 5.38. The first kappa shape index (κ1) is 14.5. The Morgan fingerprint density at radius 2 is 1.82 bits per heavy atom. The van der Waals surface area contributed by atoms with Crippen molar-refractivity contribution in [3.05, 3.63) is 0 Å². The van der Waals surface area contributed by atoms with E-state index in [9.17, 15) is 0 Å². The van der Waals surface area contributed by atoms with Crippen LogP contribution in [-0.2, 0) is 0 Å². The van der Waals surface area contributed by atoms with E-state index in [1.54, 1.807) is 0 Å². The lowest BCUT2D eigenvalue weighted by molar-refractivity contribution is 0.129. The molecule has 17 heavy (non-hydrogen) atoms. The fourth-order valence-electron chi connectivity index (χ4n) is 2.26. The highest BCUT2D eigenvalue weighted by atomic mass is 15.1.